The molecular weight excluding hydrogens is 607 g/mol. The van der Waals surface area contributed by atoms with E-state index in [0.29, 0.717) is 24.0 Å². The smallest absolute Gasteiger partial charge is 0.748 e. The van der Waals surface area contributed by atoms with E-state index < -0.39 is 42.8 Å². The zero-order chi connectivity index (χ0) is 26.5. The van der Waals surface area contributed by atoms with Crippen molar-refractivity contribution in [2.45, 2.75) is 23.9 Å². The van der Waals surface area contributed by atoms with Gasteiger partial charge in [-0.2, -0.15) is 0 Å². The molecule has 2 aliphatic rings. The molecule has 0 aromatic heterocycles. The first-order valence-electron chi connectivity index (χ1n) is 11.1. The number of nitrogens with two attached hydrogens (primary N) is 2. The average molecular weight is 635 g/mol. The van der Waals surface area contributed by atoms with Gasteiger partial charge in [-0.25, -0.2) is 16.8 Å². The van der Waals surface area contributed by atoms with Crippen LogP contribution in [0.3, 0.4) is 0 Å². The van der Waals surface area contributed by atoms with Crippen LogP contribution in [0.25, 0.3) is 11.1 Å². The summed E-state index contributed by atoms with van der Waals surface area (Å²) >= 11 is 0. The van der Waals surface area contributed by atoms with E-state index in [2.05, 4.69) is 0 Å². The largest absolute Gasteiger partial charge is 2.00 e. The molecule has 8 nitrogen and oxygen atoms in total. The maximum Gasteiger partial charge on any atom is 2.00 e. The molecule has 200 valence electrons. The third-order valence-corrected chi connectivity index (χ3v) is 7.61. The Morgan fingerprint density at radius 2 is 0.973 bits per heavy atom. The molecule has 4 rings (SSSR count). The predicted molar refractivity (Wildman–Crippen MR) is 139 cm³/mol. The van der Waals surface area contributed by atoms with Gasteiger partial charge < -0.3 is 20.6 Å². The molecular formula is C26H28N2O6PdS2. The second-order valence-corrected chi connectivity index (χ2v) is 11.7. The fraction of sp³-hybridized carbons (Fsp3) is 0.231. The molecule has 37 heavy (non-hydrogen) atoms. The summed E-state index contributed by atoms with van der Waals surface area (Å²) < 4.78 is 66.0. The number of rotatable bonds is 6. The molecule has 0 spiro atoms. The van der Waals surface area contributed by atoms with Crippen LogP contribution in [0.2, 0.25) is 0 Å². The molecule has 11 heteroatoms. The summed E-state index contributed by atoms with van der Waals surface area (Å²) in [6.45, 7) is 0. The van der Waals surface area contributed by atoms with Crippen molar-refractivity contribution in [3.05, 3.63) is 108 Å². The van der Waals surface area contributed by atoms with Crippen LogP contribution in [0, 0.1) is 0 Å². The summed E-state index contributed by atoms with van der Waals surface area (Å²) in [7, 11) is -8.75. The molecule has 0 amide bonds. The van der Waals surface area contributed by atoms with Crippen LogP contribution in [0.1, 0.15) is 24.0 Å². The van der Waals surface area contributed by atoms with E-state index in [1.165, 1.54) is 0 Å². The Hall–Kier alpha value is -2.20. The Kier molecular flexibility index (Phi) is 10.5. The van der Waals surface area contributed by atoms with Crippen LogP contribution in [0.5, 0.6) is 0 Å². The van der Waals surface area contributed by atoms with E-state index in [9.17, 15) is 25.9 Å². The summed E-state index contributed by atoms with van der Waals surface area (Å²) in [6.07, 6.45) is 11.4. The fourth-order valence-corrected chi connectivity index (χ4v) is 6.15. The standard InChI is InChI=1S/2C13H15NO3S.Pd/c2*14-13(10-18(15,16)17)9-5-4-8-12(13)11-6-2-1-3-7-11;/h2*1-8H,9-10,14H2,(H,15,16,17);/q;;+2/p-2. The Morgan fingerprint density at radius 3 is 1.27 bits per heavy atom. The second-order valence-electron chi connectivity index (χ2n) is 8.87. The summed E-state index contributed by atoms with van der Waals surface area (Å²) in [5, 5.41) is 0. The molecule has 2 atom stereocenters. The first-order chi connectivity index (χ1) is 16.8. The first-order valence-corrected chi connectivity index (χ1v) is 14.3. The van der Waals surface area contributed by atoms with E-state index in [1.54, 1.807) is 24.3 Å². The minimum atomic E-state index is -4.37. The minimum absolute atomic E-state index is 0. The minimum Gasteiger partial charge on any atom is -0.748 e. The zero-order valence-electron chi connectivity index (χ0n) is 19.8. The maximum absolute atomic E-state index is 11.0. The van der Waals surface area contributed by atoms with E-state index in [-0.39, 0.29) is 20.4 Å². The predicted octanol–water partition coefficient (Wildman–Crippen LogP) is 2.54. The first kappa shape index (κ1) is 31.0. The Labute approximate surface area is 232 Å². The van der Waals surface area contributed by atoms with Crippen molar-refractivity contribution in [3.63, 3.8) is 0 Å². The van der Waals surface area contributed by atoms with Crippen molar-refractivity contribution in [2.24, 2.45) is 11.5 Å². The molecule has 0 aliphatic heterocycles. The zero-order valence-corrected chi connectivity index (χ0v) is 23.0. The van der Waals surface area contributed by atoms with E-state index in [4.69, 9.17) is 11.5 Å². The number of hydrogen-bond acceptors (Lipinski definition) is 8. The van der Waals surface area contributed by atoms with E-state index in [0.717, 1.165) is 11.1 Å². The van der Waals surface area contributed by atoms with Crippen LogP contribution in [-0.2, 0) is 40.7 Å². The normalized spacial score (nSPS) is 23.1. The van der Waals surface area contributed by atoms with E-state index in [1.807, 2.05) is 72.8 Å². The van der Waals surface area contributed by atoms with Crippen LogP contribution in [-0.4, -0.2) is 48.5 Å². The molecule has 2 unspecified atom stereocenters. The quantitative estimate of drug-likeness (QED) is 0.361. The molecule has 0 saturated heterocycles. The van der Waals surface area contributed by atoms with Crippen molar-refractivity contribution >= 4 is 31.4 Å². The SMILES string of the molecule is NC1(CS(=O)(=O)[O-])CC=CC=C1c1ccccc1.NC1(CS(=O)(=O)[O-])CC=CC=C1c1ccccc1.[Pd+2]. The van der Waals surface area contributed by atoms with Crippen molar-refractivity contribution in [1.82, 2.24) is 0 Å². The van der Waals surface area contributed by atoms with Crippen LogP contribution >= 0.6 is 0 Å². The molecule has 0 fully saturated rings. The Balaban J connectivity index is 0.000000253. The summed E-state index contributed by atoms with van der Waals surface area (Å²) in [5.41, 5.74) is 13.0. The van der Waals surface area contributed by atoms with Crippen molar-refractivity contribution in [2.75, 3.05) is 11.5 Å². The van der Waals surface area contributed by atoms with Gasteiger partial charge in [-0.05, 0) is 35.1 Å². The van der Waals surface area contributed by atoms with Crippen molar-refractivity contribution in [3.8, 4) is 0 Å². The van der Waals surface area contributed by atoms with Crippen LogP contribution < -0.4 is 11.5 Å². The van der Waals surface area contributed by atoms with Crippen molar-refractivity contribution in [1.29, 1.82) is 0 Å². The van der Waals surface area contributed by atoms with E-state index >= 15 is 0 Å². The molecule has 0 radical (unpaired) electrons. The summed E-state index contributed by atoms with van der Waals surface area (Å²) in [6, 6.07) is 18.5. The molecule has 2 aromatic rings. The second kappa shape index (κ2) is 12.6. The third-order valence-electron chi connectivity index (χ3n) is 5.87. The summed E-state index contributed by atoms with van der Waals surface area (Å²) in [5.74, 6) is -1.18. The van der Waals surface area contributed by atoms with Gasteiger partial charge in [0.2, 0.25) is 0 Å². The fourth-order valence-electron chi connectivity index (χ4n) is 4.34. The topological polar surface area (TPSA) is 166 Å². The Morgan fingerprint density at radius 1 is 0.649 bits per heavy atom. The molecule has 4 N–H and O–H groups in total. The number of allylic oxidation sites excluding steroid dienone is 4. The molecule has 0 bridgehead atoms. The summed E-state index contributed by atoms with van der Waals surface area (Å²) in [4.78, 5) is 0. The number of hydrogen-bond donors (Lipinski definition) is 2. The van der Waals surface area contributed by atoms with Gasteiger partial charge in [0, 0.05) is 0 Å². The monoisotopic (exact) mass is 634 g/mol. The van der Waals surface area contributed by atoms with Gasteiger partial charge in [-0.3, -0.25) is 0 Å². The van der Waals surface area contributed by atoms with Crippen LogP contribution in [0.4, 0.5) is 0 Å². The average Bonchev–Trinajstić information content (AvgIpc) is 2.78. The van der Waals surface area contributed by atoms with Crippen LogP contribution in [0.15, 0.2) is 97.1 Å². The van der Waals surface area contributed by atoms with Gasteiger partial charge in [0.15, 0.2) is 0 Å². The van der Waals surface area contributed by atoms with Gasteiger partial charge in [-0.15, -0.1) is 0 Å². The van der Waals surface area contributed by atoms with Gasteiger partial charge in [0.05, 0.1) is 42.8 Å². The number of benzene rings is 2. The van der Waals surface area contributed by atoms with Gasteiger partial charge in [0.1, 0.15) is 0 Å². The van der Waals surface area contributed by atoms with Crippen molar-refractivity contribution < 1.29 is 46.4 Å². The van der Waals surface area contributed by atoms with Gasteiger partial charge in [-0.1, -0.05) is 97.1 Å². The Bertz CT molecular complexity index is 1300. The molecule has 0 heterocycles. The van der Waals surface area contributed by atoms with Gasteiger partial charge in [0.25, 0.3) is 0 Å². The maximum atomic E-state index is 11.0. The molecule has 0 saturated carbocycles. The third kappa shape index (κ3) is 8.95. The molecule has 2 aromatic carbocycles. The molecule has 2 aliphatic carbocycles. The van der Waals surface area contributed by atoms with Gasteiger partial charge >= 0.3 is 20.4 Å².